The summed E-state index contributed by atoms with van der Waals surface area (Å²) >= 11 is 6.43. The second-order valence-corrected chi connectivity index (χ2v) is 8.09. The lowest BCUT2D eigenvalue weighted by molar-refractivity contribution is -0.194. The van der Waals surface area contributed by atoms with Crippen LogP contribution < -0.4 is 14.4 Å². The Kier molecular flexibility index (Phi) is 5.58. The van der Waals surface area contributed by atoms with E-state index in [0.29, 0.717) is 36.3 Å². The number of aromatic nitrogens is 1. The summed E-state index contributed by atoms with van der Waals surface area (Å²) in [4.78, 5) is 22.0. The predicted molar refractivity (Wildman–Crippen MR) is 122 cm³/mol. The summed E-state index contributed by atoms with van der Waals surface area (Å²) < 4.78 is 12.9. The highest BCUT2D eigenvalue weighted by Gasteiger charge is 2.20. The van der Waals surface area contributed by atoms with Crippen molar-refractivity contribution in [3.8, 4) is 17.2 Å². The molecule has 0 bridgehead atoms. The van der Waals surface area contributed by atoms with Gasteiger partial charge in [-0.15, -0.1) is 0 Å². The maximum absolute atomic E-state index is 12.0. The Balaban J connectivity index is 1.44. The number of fused-ring (bicyclic) bond motifs is 2. The minimum absolute atomic E-state index is 0.166. The maximum atomic E-state index is 12.0. The molecular formula is C25H20ClNO6. The monoisotopic (exact) mass is 465 g/mol. The SMILES string of the molecule is COc1cccc(COc2ccc3c(c2)cc(C(=O)O)n3Cc2cc3c(cc2Cl)OOC3)c1. The Morgan fingerprint density at radius 1 is 1.12 bits per heavy atom. The van der Waals surface area contributed by atoms with Gasteiger partial charge in [0.05, 0.1) is 7.11 Å². The van der Waals surface area contributed by atoms with Crippen molar-refractivity contribution in [2.75, 3.05) is 7.11 Å². The van der Waals surface area contributed by atoms with E-state index in [2.05, 4.69) is 0 Å². The summed E-state index contributed by atoms with van der Waals surface area (Å²) in [6.07, 6.45) is 0. The number of nitrogens with zero attached hydrogens (tertiary/aromatic N) is 1. The van der Waals surface area contributed by atoms with Gasteiger partial charge in [-0.05, 0) is 53.6 Å². The van der Waals surface area contributed by atoms with Gasteiger partial charge in [-0.2, -0.15) is 4.89 Å². The van der Waals surface area contributed by atoms with Crippen molar-refractivity contribution < 1.29 is 29.1 Å². The summed E-state index contributed by atoms with van der Waals surface area (Å²) in [5, 5.41) is 11.0. The van der Waals surface area contributed by atoms with E-state index < -0.39 is 5.97 Å². The Labute approximate surface area is 194 Å². The van der Waals surface area contributed by atoms with Gasteiger partial charge < -0.3 is 24.0 Å². The van der Waals surface area contributed by atoms with Crippen LogP contribution in [0.1, 0.15) is 27.2 Å². The average molecular weight is 466 g/mol. The van der Waals surface area contributed by atoms with Crippen molar-refractivity contribution in [3.05, 3.63) is 88.1 Å². The van der Waals surface area contributed by atoms with Gasteiger partial charge in [0.15, 0.2) is 5.75 Å². The number of carboxylic acid groups (broad SMARTS) is 1. The number of halogens is 1. The number of hydrogen-bond acceptors (Lipinski definition) is 5. The molecule has 1 aliphatic rings. The molecule has 168 valence electrons. The van der Waals surface area contributed by atoms with Gasteiger partial charge in [-0.1, -0.05) is 23.7 Å². The number of rotatable bonds is 7. The third-order valence-corrected chi connectivity index (χ3v) is 5.90. The van der Waals surface area contributed by atoms with E-state index in [0.717, 1.165) is 33.3 Å². The van der Waals surface area contributed by atoms with Gasteiger partial charge in [-0.25, -0.2) is 4.79 Å². The van der Waals surface area contributed by atoms with Crippen LogP contribution in [0.5, 0.6) is 17.2 Å². The number of aromatic carboxylic acids is 1. The lowest BCUT2D eigenvalue weighted by atomic mass is 10.1. The molecule has 0 amide bonds. The van der Waals surface area contributed by atoms with Crippen LogP contribution in [-0.2, 0) is 24.6 Å². The topological polar surface area (TPSA) is 79.2 Å². The largest absolute Gasteiger partial charge is 0.497 e. The number of carbonyl (C=O) groups is 1. The summed E-state index contributed by atoms with van der Waals surface area (Å²) in [5.74, 6) is 0.966. The molecule has 1 aliphatic heterocycles. The first kappa shape index (κ1) is 21.2. The van der Waals surface area contributed by atoms with Gasteiger partial charge in [0.25, 0.3) is 0 Å². The van der Waals surface area contributed by atoms with Gasteiger partial charge in [0, 0.05) is 34.1 Å². The van der Waals surface area contributed by atoms with Crippen LogP contribution in [0.25, 0.3) is 10.9 Å². The second-order valence-electron chi connectivity index (χ2n) is 7.68. The van der Waals surface area contributed by atoms with Crippen molar-refractivity contribution >= 4 is 28.5 Å². The molecule has 0 radical (unpaired) electrons. The second kappa shape index (κ2) is 8.69. The van der Waals surface area contributed by atoms with E-state index in [1.165, 1.54) is 0 Å². The number of benzene rings is 3. The van der Waals surface area contributed by atoms with Gasteiger partial charge in [0.2, 0.25) is 0 Å². The summed E-state index contributed by atoms with van der Waals surface area (Å²) in [6.45, 7) is 0.983. The van der Waals surface area contributed by atoms with Crippen molar-refractivity contribution in [1.82, 2.24) is 4.57 Å². The molecule has 0 saturated heterocycles. The summed E-state index contributed by atoms with van der Waals surface area (Å²) in [6, 6.07) is 18.4. The highest BCUT2D eigenvalue weighted by molar-refractivity contribution is 6.31. The molecule has 0 fully saturated rings. The Hall–Kier alpha value is -3.68. The molecule has 33 heavy (non-hydrogen) atoms. The van der Waals surface area contributed by atoms with Crippen molar-refractivity contribution in [1.29, 1.82) is 0 Å². The number of hydrogen-bond donors (Lipinski definition) is 1. The number of carboxylic acids is 1. The molecule has 4 aromatic rings. The lowest BCUT2D eigenvalue weighted by Gasteiger charge is -2.12. The van der Waals surface area contributed by atoms with E-state index >= 15 is 0 Å². The zero-order chi connectivity index (χ0) is 22.9. The van der Waals surface area contributed by atoms with Crippen molar-refractivity contribution in [3.63, 3.8) is 0 Å². The highest BCUT2D eigenvalue weighted by Crippen LogP contribution is 2.34. The molecule has 0 aliphatic carbocycles. The smallest absolute Gasteiger partial charge is 0.352 e. The quantitative estimate of drug-likeness (QED) is 0.365. The van der Waals surface area contributed by atoms with Crippen LogP contribution in [0.2, 0.25) is 5.02 Å². The normalized spacial score (nSPS) is 12.4. The van der Waals surface area contributed by atoms with E-state index in [4.69, 9.17) is 30.8 Å². The molecule has 3 aromatic carbocycles. The molecule has 1 aromatic heterocycles. The first-order valence-corrected chi connectivity index (χ1v) is 10.6. The first-order chi connectivity index (χ1) is 16.0. The zero-order valence-electron chi connectivity index (χ0n) is 17.7. The maximum Gasteiger partial charge on any atom is 0.352 e. The average Bonchev–Trinajstić information content (AvgIpc) is 3.42. The molecule has 1 N–H and O–H groups in total. The van der Waals surface area contributed by atoms with Crippen molar-refractivity contribution in [2.45, 2.75) is 19.8 Å². The van der Waals surface area contributed by atoms with Crippen LogP contribution in [0.3, 0.4) is 0 Å². The van der Waals surface area contributed by atoms with Gasteiger partial charge >= 0.3 is 5.97 Å². The Morgan fingerprint density at radius 2 is 2.00 bits per heavy atom. The molecule has 0 unspecified atom stereocenters. The molecule has 2 heterocycles. The Bertz CT molecular complexity index is 1360. The van der Waals surface area contributed by atoms with Crippen LogP contribution in [0.4, 0.5) is 0 Å². The molecule has 0 saturated carbocycles. The standard InChI is InChI=1S/C25H20ClNO6/c1-30-19-4-2-3-15(7-19)13-31-20-5-6-22-16(9-20)10-23(25(28)29)27(22)12-17-8-18-14-32-33-24(18)11-21(17)26/h2-11H,12-14H2,1H3,(H,28,29). The third kappa shape index (κ3) is 4.20. The highest BCUT2D eigenvalue weighted by atomic mass is 35.5. The zero-order valence-corrected chi connectivity index (χ0v) is 18.5. The van der Waals surface area contributed by atoms with Crippen LogP contribution in [0.15, 0.2) is 60.7 Å². The summed E-state index contributed by atoms with van der Waals surface area (Å²) in [5.41, 5.74) is 3.56. The molecule has 0 spiro atoms. The Morgan fingerprint density at radius 3 is 2.82 bits per heavy atom. The molecule has 7 nitrogen and oxygen atoms in total. The van der Waals surface area contributed by atoms with Gasteiger partial charge in [0.1, 0.15) is 30.4 Å². The third-order valence-electron chi connectivity index (χ3n) is 5.55. The molecular weight excluding hydrogens is 446 g/mol. The van der Waals surface area contributed by atoms with Crippen molar-refractivity contribution in [2.24, 2.45) is 0 Å². The fraction of sp³-hybridized carbons (Fsp3) is 0.160. The van der Waals surface area contributed by atoms with E-state index in [1.54, 1.807) is 23.8 Å². The van der Waals surface area contributed by atoms with Crippen LogP contribution in [0, 0.1) is 0 Å². The fourth-order valence-electron chi connectivity index (χ4n) is 3.90. The predicted octanol–water partition coefficient (Wildman–Crippen LogP) is 5.45. The minimum Gasteiger partial charge on any atom is -0.497 e. The molecule has 0 atom stereocenters. The number of methoxy groups -OCH3 is 1. The van der Waals surface area contributed by atoms with Crippen LogP contribution in [-0.4, -0.2) is 22.8 Å². The molecule has 8 heteroatoms. The molecule has 5 rings (SSSR count). The minimum atomic E-state index is -1.02. The van der Waals surface area contributed by atoms with E-state index in [9.17, 15) is 9.90 Å². The summed E-state index contributed by atoms with van der Waals surface area (Å²) in [7, 11) is 1.62. The lowest BCUT2D eigenvalue weighted by Crippen LogP contribution is -2.09. The van der Waals surface area contributed by atoms with E-state index in [1.807, 2.05) is 48.5 Å². The van der Waals surface area contributed by atoms with Gasteiger partial charge in [-0.3, -0.25) is 0 Å². The fourth-order valence-corrected chi connectivity index (χ4v) is 4.12. The van der Waals surface area contributed by atoms with E-state index in [-0.39, 0.29) is 5.69 Å². The number of ether oxygens (including phenoxy) is 2. The van der Waals surface area contributed by atoms with Crippen LogP contribution >= 0.6 is 11.6 Å². The first-order valence-electron chi connectivity index (χ1n) is 10.2.